The first-order chi connectivity index (χ1) is 16.4. The van der Waals surface area contributed by atoms with Crippen molar-refractivity contribution in [3.8, 4) is 0 Å². The first-order valence-electron chi connectivity index (χ1n) is 11.0. The number of thioether (sulfide) groups is 1. The fourth-order valence-electron chi connectivity index (χ4n) is 3.61. The third-order valence-electron chi connectivity index (χ3n) is 5.16. The molecule has 0 radical (unpaired) electrons. The Hall–Kier alpha value is -3.66. The molecule has 4 aromatic rings. The summed E-state index contributed by atoms with van der Waals surface area (Å²) in [5.74, 6) is 0.219. The molecule has 0 aliphatic carbocycles. The minimum Gasteiger partial charge on any atom is -0.354 e. The van der Waals surface area contributed by atoms with E-state index in [4.69, 9.17) is 0 Å². The molecule has 2 heterocycles. The second-order valence-electron chi connectivity index (χ2n) is 8.12. The number of hydrogen-bond acceptors (Lipinski definition) is 6. The number of rotatable bonds is 9. The molecule has 0 spiro atoms. The Bertz CT molecular complexity index is 1380. The summed E-state index contributed by atoms with van der Waals surface area (Å²) in [4.78, 5) is 37.7. The molecule has 2 amide bonds. The summed E-state index contributed by atoms with van der Waals surface area (Å²) in [7, 11) is 0. The first-order valence-corrected chi connectivity index (χ1v) is 12.0. The smallest absolute Gasteiger partial charge is 0.262 e. The Labute approximate surface area is 200 Å². The second kappa shape index (κ2) is 10.5. The number of aryl methyl sites for hydroxylation is 1. The lowest BCUT2D eigenvalue weighted by atomic mass is 10.2. The van der Waals surface area contributed by atoms with E-state index in [2.05, 4.69) is 20.8 Å². The zero-order valence-electron chi connectivity index (χ0n) is 19.0. The van der Waals surface area contributed by atoms with Crippen molar-refractivity contribution in [3.05, 3.63) is 70.5 Å². The highest BCUT2D eigenvalue weighted by atomic mass is 32.2. The van der Waals surface area contributed by atoms with Crippen LogP contribution < -0.4 is 16.2 Å². The first kappa shape index (κ1) is 23.5. The molecule has 0 atom stereocenters. The lowest BCUT2D eigenvalue weighted by Gasteiger charge is -2.12. The van der Waals surface area contributed by atoms with Gasteiger partial charge in [-0.15, -0.1) is 10.2 Å². The maximum atomic E-state index is 13.2. The number of aromatic nitrogens is 4. The van der Waals surface area contributed by atoms with Crippen molar-refractivity contribution in [2.75, 3.05) is 5.75 Å². The van der Waals surface area contributed by atoms with E-state index in [-0.39, 0.29) is 42.1 Å². The van der Waals surface area contributed by atoms with Gasteiger partial charge in [0.05, 0.1) is 16.7 Å². The van der Waals surface area contributed by atoms with Crippen molar-refractivity contribution < 1.29 is 9.59 Å². The van der Waals surface area contributed by atoms with Gasteiger partial charge in [-0.25, -0.2) is 0 Å². The number of carbonyl (C=O) groups excluding carboxylic acids is 2. The molecule has 0 fully saturated rings. The summed E-state index contributed by atoms with van der Waals surface area (Å²) in [5.41, 5.74) is 1.44. The molecule has 0 saturated carbocycles. The van der Waals surface area contributed by atoms with Crippen molar-refractivity contribution in [1.29, 1.82) is 0 Å². The minimum atomic E-state index is -0.231. The van der Waals surface area contributed by atoms with Crippen LogP contribution >= 0.6 is 11.8 Å². The fourth-order valence-corrected chi connectivity index (χ4v) is 4.38. The zero-order chi connectivity index (χ0) is 24.1. The average molecular weight is 479 g/mol. The maximum Gasteiger partial charge on any atom is 0.262 e. The molecule has 2 aromatic heterocycles. The van der Waals surface area contributed by atoms with Gasteiger partial charge in [0.1, 0.15) is 0 Å². The van der Waals surface area contributed by atoms with E-state index in [0.717, 1.165) is 5.56 Å². The van der Waals surface area contributed by atoms with E-state index < -0.39 is 0 Å². The van der Waals surface area contributed by atoms with Crippen molar-refractivity contribution in [2.45, 2.75) is 44.6 Å². The summed E-state index contributed by atoms with van der Waals surface area (Å²) >= 11 is 1.24. The summed E-state index contributed by atoms with van der Waals surface area (Å²) in [6.45, 7) is 4.39. The lowest BCUT2D eigenvalue weighted by Crippen LogP contribution is -2.32. The van der Waals surface area contributed by atoms with Gasteiger partial charge in [0.2, 0.25) is 17.6 Å². The van der Waals surface area contributed by atoms with Crippen molar-refractivity contribution >= 4 is 40.3 Å². The van der Waals surface area contributed by atoms with Gasteiger partial charge >= 0.3 is 0 Å². The van der Waals surface area contributed by atoms with Gasteiger partial charge in [-0.05, 0) is 31.5 Å². The van der Waals surface area contributed by atoms with Gasteiger partial charge in [0, 0.05) is 25.6 Å². The molecule has 2 N–H and O–H groups in total. The molecule has 0 bridgehead atoms. The van der Waals surface area contributed by atoms with Gasteiger partial charge in [0.25, 0.3) is 5.56 Å². The molecule has 4 rings (SSSR count). The van der Waals surface area contributed by atoms with Crippen molar-refractivity contribution in [3.63, 3.8) is 0 Å². The summed E-state index contributed by atoms with van der Waals surface area (Å²) < 4.78 is 3.24. The third-order valence-corrected chi connectivity index (χ3v) is 6.08. The van der Waals surface area contributed by atoms with Crippen LogP contribution in [0.1, 0.15) is 25.8 Å². The highest BCUT2D eigenvalue weighted by Gasteiger charge is 2.18. The van der Waals surface area contributed by atoms with Crippen LogP contribution in [0.2, 0.25) is 0 Å². The Morgan fingerprint density at radius 1 is 1.00 bits per heavy atom. The number of amides is 2. The van der Waals surface area contributed by atoms with Gasteiger partial charge in [-0.1, -0.05) is 54.2 Å². The normalized spacial score (nSPS) is 11.3. The molecule has 0 aliphatic heterocycles. The fraction of sp³-hybridized carbons (Fsp3) is 0.292. The van der Waals surface area contributed by atoms with Gasteiger partial charge in [0.15, 0.2) is 5.16 Å². The largest absolute Gasteiger partial charge is 0.354 e. The van der Waals surface area contributed by atoms with E-state index in [1.165, 1.54) is 16.3 Å². The molecule has 0 saturated heterocycles. The summed E-state index contributed by atoms with van der Waals surface area (Å²) in [6.07, 6.45) is 0.142. The molecular formula is C24H26N6O3S. The van der Waals surface area contributed by atoms with E-state index >= 15 is 0 Å². The third kappa shape index (κ3) is 5.28. The van der Waals surface area contributed by atoms with Gasteiger partial charge in [-0.2, -0.15) is 0 Å². The van der Waals surface area contributed by atoms with Crippen LogP contribution in [0.25, 0.3) is 16.7 Å². The topological polar surface area (TPSA) is 110 Å². The minimum absolute atomic E-state index is 0.0185. The van der Waals surface area contributed by atoms with E-state index in [0.29, 0.717) is 28.4 Å². The molecule has 9 nitrogen and oxygen atoms in total. The average Bonchev–Trinajstić information content (AvgIpc) is 3.25. The molecular weight excluding hydrogens is 452 g/mol. The van der Waals surface area contributed by atoms with Crippen LogP contribution in [-0.4, -0.2) is 42.8 Å². The van der Waals surface area contributed by atoms with Gasteiger partial charge < -0.3 is 10.6 Å². The molecule has 176 valence electrons. The Morgan fingerprint density at radius 2 is 1.74 bits per heavy atom. The molecule has 0 unspecified atom stereocenters. The second-order valence-corrected chi connectivity index (χ2v) is 9.06. The van der Waals surface area contributed by atoms with Crippen LogP contribution in [0.15, 0.2) is 64.5 Å². The number of benzene rings is 2. The van der Waals surface area contributed by atoms with Crippen LogP contribution in [0.4, 0.5) is 0 Å². The maximum absolute atomic E-state index is 13.2. The molecule has 2 aromatic carbocycles. The number of fused-ring (bicyclic) bond motifs is 3. The van der Waals surface area contributed by atoms with Crippen molar-refractivity contribution in [2.24, 2.45) is 0 Å². The monoisotopic (exact) mass is 478 g/mol. The molecule has 10 heteroatoms. The number of nitrogens with one attached hydrogen (secondary N) is 2. The predicted molar refractivity (Wildman–Crippen MR) is 132 cm³/mol. The number of nitrogens with zero attached hydrogens (tertiary/aromatic N) is 4. The quantitative estimate of drug-likeness (QED) is 0.358. The zero-order valence-corrected chi connectivity index (χ0v) is 19.8. The summed E-state index contributed by atoms with van der Waals surface area (Å²) in [6, 6.07) is 16.9. The molecule has 0 aliphatic rings. The number of hydrogen-bond donors (Lipinski definition) is 2. The van der Waals surface area contributed by atoms with Crippen molar-refractivity contribution in [1.82, 2.24) is 29.8 Å². The Morgan fingerprint density at radius 3 is 2.50 bits per heavy atom. The van der Waals surface area contributed by atoms with Crippen LogP contribution in [0, 0.1) is 0 Å². The Kier molecular flexibility index (Phi) is 7.27. The van der Waals surface area contributed by atoms with Crippen LogP contribution in [0.3, 0.4) is 0 Å². The standard InChI is InChI=1S/C24H26N6O3S/c1-16(2)26-20(31)12-13-29-22(33)18-10-6-7-11-19(18)30-23(29)27-28-24(30)34-15-21(32)25-14-17-8-4-3-5-9-17/h3-11,16H,12-15H2,1-2H3,(H,25,32)(H,26,31). The van der Waals surface area contributed by atoms with E-state index in [9.17, 15) is 14.4 Å². The van der Waals surface area contributed by atoms with Gasteiger partial charge in [-0.3, -0.25) is 23.4 Å². The summed E-state index contributed by atoms with van der Waals surface area (Å²) in [5, 5.41) is 15.2. The number of carbonyl (C=O) groups is 2. The lowest BCUT2D eigenvalue weighted by molar-refractivity contribution is -0.122. The SMILES string of the molecule is CC(C)NC(=O)CCn1c(=O)c2ccccc2n2c(SCC(=O)NCc3ccccc3)nnc12. The highest BCUT2D eigenvalue weighted by molar-refractivity contribution is 7.99. The van der Waals surface area contributed by atoms with Crippen LogP contribution in [-0.2, 0) is 22.7 Å². The van der Waals surface area contributed by atoms with E-state index in [1.807, 2.05) is 56.3 Å². The predicted octanol–water partition coefficient (Wildman–Crippen LogP) is 2.37. The van der Waals surface area contributed by atoms with Crippen LogP contribution in [0.5, 0.6) is 0 Å². The van der Waals surface area contributed by atoms with E-state index in [1.54, 1.807) is 16.5 Å². The Balaban J connectivity index is 1.57. The highest BCUT2D eigenvalue weighted by Crippen LogP contribution is 2.21. The molecule has 34 heavy (non-hydrogen) atoms. The number of para-hydroxylation sites is 1.